The maximum Gasteiger partial charge on any atom is 0.264 e. The van der Waals surface area contributed by atoms with E-state index in [1.165, 1.54) is 32.4 Å². The smallest absolute Gasteiger partial charge is 0.264 e. The number of carbonyl (C=O) groups excluding carboxylic acids is 1. The van der Waals surface area contributed by atoms with Gasteiger partial charge in [-0.3, -0.25) is 9.52 Å². The second-order valence-corrected chi connectivity index (χ2v) is 9.80. The minimum Gasteiger partial charge on any atom is -0.494 e. The van der Waals surface area contributed by atoms with Crippen molar-refractivity contribution in [1.82, 2.24) is 0 Å². The maximum atomic E-state index is 12.7. The molecule has 1 heterocycles. The molecule has 0 aliphatic carbocycles. The van der Waals surface area contributed by atoms with E-state index >= 15 is 0 Å². The van der Waals surface area contributed by atoms with Gasteiger partial charge in [0.1, 0.15) is 20.7 Å². The number of thiophene rings is 1. The Kier molecular flexibility index (Phi) is 6.77. The number of hydrogen-bond donors (Lipinski definition) is 2. The molecule has 0 radical (unpaired) electrons. The zero-order valence-electron chi connectivity index (χ0n) is 15.7. The van der Waals surface area contributed by atoms with Gasteiger partial charge in [-0.15, -0.1) is 11.3 Å². The Morgan fingerprint density at radius 1 is 0.967 bits per heavy atom. The zero-order chi connectivity index (χ0) is 21.9. The first-order valence-electron chi connectivity index (χ1n) is 8.35. The monoisotopic (exact) mass is 486 g/mol. The van der Waals surface area contributed by atoms with Gasteiger partial charge in [-0.2, -0.15) is 0 Å². The Bertz CT molecular complexity index is 1180. The lowest BCUT2D eigenvalue weighted by Crippen LogP contribution is -2.15. The quantitative estimate of drug-likeness (QED) is 0.482. The summed E-state index contributed by atoms with van der Waals surface area (Å²) in [4.78, 5) is 12.3. The fraction of sp³-hybridized carbons (Fsp3) is 0.105. The molecule has 0 fully saturated rings. The highest BCUT2D eigenvalue weighted by Crippen LogP contribution is 2.40. The van der Waals surface area contributed by atoms with E-state index in [1.807, 2.05) is 0 Å². The average Bonchev–Trinajstić information content (AvgIpc) is 3.08. The summed E-state index contributed by atoms with van der Waals surface area (Å²) in [6, 6.07) is 12.7. The van der Waals surface area contributed by atoms with Crippen LogP contribution in [0.15, 0.2) is 53.4 Å². The predicted molar refractivity (Wildman–Crippen MR) is 119 cm³/mol. The Hall–Kier alpha value is -2.46. The highest BCUT2D eigenvalue weighted by molar-refractivity contribution is 7.93. The molecule has 1 aromatic heterocycles. The number of sulfonamides is 1. The summed E-state index contributed by atoms with van der Waals surface area (Å²) in [5.74, 6) is 0.0383. The number of ether oxygens (including phenoxy) is 2. The molecule has 0 atom stereocenters. The number of amides is 1. The molecular weight excluding hydrogens is 471 g/mol. The lowest BCUT2D eigenvalue weighted by Gasteiger charge is -2.16. The van der Waals surface area contributed by atoms with E-state index in [-0.39, 0.29) is 36.7 Å². The minimum absolute atomic E-state index is 0.0326. The number of methoxy groups -OCH3 is 2. The molecule has 3 aromatic rings. The van der Waals surface area contributed by atoms with Crippen LogP contribution in [0.3, 0.4) is 0 Å². The first-order chi connectivity index (χ1) is 14.2. The summed E-state index contributed by atoms with van der Waals surface area (Å²) in [6.45, 7) is 0. The normalized spacial score (nSPS) is 11.1. The van der Waals surface area contributed by atoms with Crippen molar-refractivity contribution >= 4 is 61.8 Å². The number of anilines is 2. The third kappa shape index (κ3) is 4.81. The van der Waals surface area contributed by atoms with Crippen molar-refractivity contribution in [2.45, 2.75) is 4.90 Å². The van der Waals surface area contributed by atoms with Gasteiger partial charge in [0.15, 0.2) is 0 Å². The molecule has 3 rings (SSSR count). The van der Waals surface area contributed by atoms with Crippen LogP contribution in [-0.4, -0.2) is 28.5 Å². The van der Waals surface area contributed by atoms with Gasteiger partial charge < -0.3 is 14.8 Å². The zero-order valence-corrected chi connectivity index (χ0v) is 18.9. The van der Waals surface area contributed by atoms with E-state index in [0.717, 1.165) is 11.3 Å². The molecule has 11 heteroatoms. The van der Waals surface area contributed by atoms with Crippen molar-refractivity contribution in [2.75, 3.05) is 24.3 Å². The highest BCUT2D eigenvalue weighted by Gasteiger charge is 2.24. The van der Waals surface area contributed by atoms with E-state index in [0.29, 0.717) is 11.3 Å². The molecular formula is C19H16Cl2N2O5S2. The van der Waals surface area contributed by atoms with Gasteiger partial charge in [0.25, 0.3) is 15.9 Å². The lowest BCUT2D eigenvalue weighted by molar-refractivity contribution is 0.102. The van der Waals surface area contributed by atoms with E-state index < -0.39 is 10.0 Å². The number of halogens is 2. The molecule has 0 aliphatic rings. The number of rotatable bonds is 7. The first kappa shape index (κ1) is 22.2. The highest BCUT2D eigenvalue weighted by atomic mass is 35.5. The Labute approximate surface area is 187 Å². The largest absolute Gasteiger partial charge is 0.494 e. The summed E-state index contributed by atoms with van der Waals surface area (Å²) in [5, 5.41) is 2.73. The summed E-state index contributed by atoms with van der Waals surface area (Å²) in [5.41, 5.74) is 0.862. The van der Waals surface area contributed by atoms with Crippen LogP contribution in [0.4, 0.5) is 11.4 Å². The van der Waals surface area contributed by atoms with E-state index in [9.17, 15) is 13.2 Å². The fourth-order valence-electron chi connectivity index (χ4n) is 2.57. The molecule has 2 N–H and O–H groups in total. The topological polar surface area (TPSA) is 93.7 Å². The standard InChI is InChI=1S/C19H16Cl2N2O5S2/c1-27-14-9-13(23-30(25,26)16-10-17(20)29-18(16)21)15(28-2)8-12(14)22-19(24)11-6-4-3-5-7-11/h3-10,23H,1-2H3,(H,22,24). The second kappa shape index (κ2) is 9.13. The summed E-state index contributed by atoms with van der Waals surface area (Å²) in [6.07, 6.45) is 0. The van der Waals surface area contributed by atoms with Crippen LogP contribution in [-0.2, 0) is 10.0 Å². The van der Waals surface area contributed by atoms with Crippen molar-refractivity contribution in [2.24, 2.45) is 0 Å². The second-order valence-electron chi connectivity index (χ2n) is 5.87. The van der Waals surface area contributed by atoms with Crippen molar-refractivity contribution in [1.29, 1.82) is 0 Å². The molecule has 0 spiro atoms. The molecule has 0 aliphatic heterocycles. The average molecular weight is 487 g/mol. The summed E-state index contributed by atoms with van der Waals surface area (Å²) >= 11 is 12.8. The lowest BCUT2D eigenvalue weighted by atomic mass is 10.2. The SMILES string of the molecule is COc1cc(NS(=O)(=O)c2cc(Cl)sc2Cl)c(OC)cc1NC(=O)c1ccccc1. The number of hydrogen-bond acceptors (Lipinski definition) is 6. The number of benzene rings is 2. The van der Waals surface area contributed by atoms with Crippen LogP contribution >= 0.6 is 34.5 Å². The summed E-state index contributed by atoms with van der Waals surface area (Å²) < 4.78 is 38.8. The van der Waals surface area contributed by atoms with Crippen LogP contribution in [0.25, 0.3) is 0 Å². The molecule has 158 valence electrons. The first-order valence-corrected chi connectivity index (χ1v) is 11.4. The molecule has 0 saturated heterocycles. The van der Waals surface area contributed by atoms with Gasteiger partial charge in [0.05, 0.1) is 29.9 Å². The van der Waals surface area contributed by atoms with E-state index in [4.69, 9.17) is 32.7 Å². The van der Waals surface area contributed by atoms with Crippen LogP contribution in [0, 0.1) is 0 Å². The van der Waals surface area contributed by atoms with Crippen molar-refractivity contribution < 1.29 is 22.7 Å². The van der Waals surface area contributed by atoms with Crippen molar-refractivity contribution in [3.8, 4) is 11.5 Å². The van der Waals surface area contributed by atoms with Crippen LogP contribution in [0.1, 0.15) is 10.4 Å². The molecule has 2 aromatic carbocycles. The van der Waals surface area contributed by atoms with Crippen molar-refractivity contribution in [3.05, 3.63) is 62.8 Å². The van der Waals surface area contributed by atoms with E-state index in [2.05, 4.69) is 10.0 Å². The van der Waals surface area contributed by atoms with Crippen LogP contribution in [0.5, 0.6) is 11.5 Å². The van der Waals surface area contributed by atoms with Gasteiger partial charge in [-0.05, 0) is 18.2 Å². The molecule has 0 saturated carbocycles. The number of nitrogens with one attached hydrogen (secondary N) is 2. The van der Waals surface area contributed by atoms with Crippen LogP contribution in [0.2, 0.25) is 8.67 Å². The molecule has 30 heavy (non-hydrogen) atoms. The third-order valence-corrected chi connectivity index (χ3v) is 7.08. The van der Waals surface area contributed by atoms with Gasteiger partial charge in [-0.1, -0.05) is 41.4 Å². The molecule has 0 bridgehead atoms. The Balaban J connectivity index is 1.95. The molecule has 1 amide bonds. The molecule has 0 unspecified atom stereocenters. The third-order valence-electron chi connectivity index (χ3n) is 3.97. The number of carbonyl (C=O) groups is 1. The molecule has 7 nitrogen and oxygen atoms in total. The van der Waals surface area contributed by atoms with Gasteiger partial charge in [0, 0.05) is 17.7 Å². The van der Waals surface area contributed by atoms with Crippen molar-refractivity contribution in [3.63, 3.8) is 0 Å². The van der Waals surface area contributed by atoms with Gasteiger partial charge >= 0.3 is 0 Å². The van der Waals surface area contributed by atoms with Gasteiger partial charge in [-0.25, -0.2) is 8.42 Å². The Morgan fingerprint density at radius 3 is 2.13 bits per heavy atom. The summed E-state index contributed by atoms with van der Waals surface area (Å²) in [7, 11) is -1.27. The maximum absolute atomic E-state index is 12.7. The van der Waals surface area contributed by atoms with Gasteiger partial charge in [0.2, 0.25) is 0 Å². The fourth-order valence-corrected chi connectivity index (χ4v) is 5.78. The predicted octanol–water partition coefficient (Wildman–Crippen LogP) is 5.13. The van der Waals surface area contributed by atoms with Crippen LogP contribution < -0.4 is 19.5 Å². The van der Waals surface area contributed by atoms with E-state index in [1.54, 1.807) is 30.3 Å². The minimum atomic E-state index is -4.04. The Morgan fingerprint density at radius 2 is 1.57 bits per heavy atom.